The third-order valence-corrected chi connectivity index (χ3v) is 5.50. The smallest absolute Gasteiger partial charge is 0.475 e. The van der Waals surface area contributed by atoms with E-state index in [1.165, 1.54) is 22.4 Å². The molecule has 1 aromatic heterocycles. The Balaban J connectivity index is 0.000000406. The number of nitrogens with zero attached hydrogens (tertiary/aromatic N) is 2. The average Bonchev–Trinajstić information content (AvgIpc) is 3.22. The monoisotopic (exact) mass is 530 g/mol. The molecule has 3 aromatic carbocycles. The Morgan fingerprint density at radius 1 is 0.941 bits per heavy atom. The molecule has 4 aromatic rings. The van der Waals surface area contributed by atoms with E-state index >= 15 is 0 Å². The molecule has 0 amide bonds. The number of alkyl halides is 3. The van der Waals surface area contributed by atoms with Crippen LogP contribution in [0.15, 0.2) is 89.7 Å². The quantitative estimate of drug-likeness (QED) is 0.296. The number of benzene rings is 3. The summed E-state index contributed by atoms with van der Waals surface area (Å²) in [5.74, 6) is -2.76. The summed E-state index contributed by atoms with van der Waals surface area (Å²) in [4.78, 5) is 13.6. The second-order valence-corrected chi connectivity index (χ2v) is 8.32. The minimum Gasteiger partial charge on any atom is -0.475 e. The van der Waals surface area contributed by atoms with Crippen molar-refractivity contribution < 1.29 is 23.1 Å². The molecule has 0 aliphatic carbocycles. The number of aromatic nitrogens is 2. The van der Waals surface area contributed by atoms with Crippen LogP contribution in [0.3, 0.4) is 0 Å². The predicted octanol–water partition coefficient (Wildman–Crippen LogP) is 7.22. The van der Waals surface area contributed by atoms with Crippen LogP contribution in [0.1, 0.15) is 18.2 Å². The van der Waals surface area contributed by atoms with Gasteiger partial charge < -0.3 is 9.67 Å². The molecule has 0 saturated carbocycles. The number of halogens is 4. The summed E-state index contributed by atoms with van der Waals surface area (Å²) < 4.78 is 35.1. The fourth-order valence-electron chi connectivity index (χ4n) is 3.47. The summed E-state index contributed by atoms with van der Waals surface area (Å²) in [7, 11) is 0. The fraction of sp³-hybridized carbons (Fsp3) is 0.154. The summed E-state index contributed by atoms with van der Waals surface area (Å²) in [6.45, 7) is 3.01. The molecule has 8 heteroatoms. The lowest BCUT2D eigenvalue weighted by atomic mass is 10.0. The normalized spacial score (nSPS) is 11.0. The lowest BCUT2D eigenvalue weighted by Gasteiger charge is -2.10. The van der Waals surface area contributed by atoms with Gasteiger partial charge in [0.2, 0.25) is 0 Å². The molecule has 0 fully saturated rings. The number of rotatable bonds is 5. The molecule has 1 heterocycles. The first-order valence-electron chi connectivity index (χ1n) is 10.4. The van der Waals surface area contributed by atoms with Gasteiger partial charge in [0.05, 0.1) is 12.0 Å². The van der Waals surface area contributed by atoms with Crippen LogP contribution in [0.4, 0.5) is 13.2 Å². The molecule has 0 aliphatic heterocycles. The van der Waals surface area contributed by atoms with Crippen molar-refractivity contribution in [2.75, 3.05) is 0 Å². The zero-order chi connectivity index (χ0) is 24.7. The van der Waals surface area contributed by atoms with Gasteiger partial charge in [-0.1, -0.05) is 83.5 Å². The Morgan fingerprint density at radius 2 is 1.56 bits per heavy atom. The Hall–Kier alpha value is -3.39. The lowest BCUT2D eigenvalue weighted by molar-refractivity contribution is -0.192. The Morgan fingerprint density at radius 3 is 2.18 bits per heavy atom. The van der Waals surface area contributed by atoms with E-state index in [0.29, 0.717) is 0 Å². The van der Waals surface area contributed by atoms with E-state index in [1.807, 2.05) is 12.4 Å². The highest BCUT2D eigenvalue weighted by Gasteiger charge is 2.38. The second-order valence-electron chi connectivity index (χ2n) is 7.40. The van der Waals surface area contributed by atoms with Crippen LogP contribution in [-0.2, 0) is 17.8 Å². The summed E-state index contributed by atoms with van der Waals surface area (Å²) in [6, 6.07) is 27.6. The molecule has 176 valence electrons. The predicted molar refractivity (Wildman–Crippen MR) is 129 cm³/mol. The van der Waals surface area contributed by atoms with Crippen LogP contribution >= 0.6 is 15.9 Å². The van der Waals surface area contributed by atoms with E-state index in [0.717, 1.165) is 28.7 Å². The van der Waals surface area contributed by atoms with Crippen molar-refractivity contribution in [3.05, 3.63) is 101 Å². The van der Waals surface area contributed by atoms with Crippen molar-refractivity contribution >= 4 is 21.9 Å². The average molecular weight is 531 g/mol. The largest absolute Gasteiger partial charge is 0.490 e. The highest BCUT2D eigenvalue weighted by atomic mass is 79.9. The van der Waals surface area contributed by atoms with Gasteiger partial charge in [-0.25, -0.2) is 9.78 Å². The van der Waals surface area contributed by atoms with Crippen molar-refractivity contribution in [1.29, 1.82) is 0 Å². The van der Waals surface area contributed by atoms with Gasteiger partial charge in [-0.05, 0) is 41.3 Å². The number of aliphatic carboxylic acids is 1. The maximum Gasteiger partial charge on any atom is 0.490 e. The Labute approximate surface area is 203 Å². The van der Waals surface area contributed by atoms with Gasteiger partial charge in [0, 0.05) is 22.3 Å². The van der Waals surface area contributed by atoms with Gasteiger partial charge in [-0.15, -0.1) is 0 Å². The zero-order valence-corrected chi connectivity index (χ0v) is 19.8. The third-order valence-electron chi connectivity index (χ3n) is 5.01. The topological polar surface area (TPSA) is 55.1 Å². The maximum absolute atomic E-state index is 10.6. The molecular formula is C26H22BrF3N2O2. The fourth-order valence-corrected chi connectivity index (χ4v) is 3.87. The van der Waals surface area contributed by atoms with Crippen LogP contribution in [0.2, 0.25) is 0 Å². The Bertz CT molecular complexity index is 1250. The van der Waals surface area contributed by atoms with Crippen LogP contribution in [-0.4, -0.2) is 26.8 Å². The van der Waals surface area contributed by atoms with Gasteiger partial charge in [0.1, 0.15) is 0 Å². The molecule has 0 bridgehead atoms. The van der Waals surface area contributed by atoms with Crippen molar-refractivity contribution in [3.63, 3.8) is 0 Å². The molecular weight excluding hydrogens is 509 g/mol. The van der Waals surface area contributed by atoms with Gasteiger partial charge in [0.15, 0.2) is 0 Å². The molecule has 4 nitrogen and oxygen atoms in total. The number of hydrogen-bond acceptors (Lipinski definition) is 2. The first-order chi connectivity index (χ1) is 16.2. The molecule has 1 N–H and O–H groups in total. The molecule has 0 aliphatic rings. The Kier molecular flexibility index (Phi) is 8.28. The van der Waals surface area contributed by atoms with Gasteiger partial charge >= 0.3 is 12.1 Å². The standard InChI is InChI=1S/C24H21BrN2.C2HF3O2/c1-2-23-24(21-12-7-13-22(25)15-21)26-17-27(23)16-18-8-6-11-20(14-18)19-9-4-3-5-10-19;3-2(4,5)1(6)7/h3-15,17H,2,16H2,1H3;(H,6,7). The SMILES string of the molecule is CCc1c(-c2cccc(Br)c2)ncn1Cc1cccc(-c2ccccc2)c1.O=C(O)C(F)(F)F. The highest BCUT2D eigenvalue weighted by molar-refractivity contribution is 9.10. The van der Waals surface area contributed by atoms with E-state index in [-0.39, 0.29) is 0 Å². The van der Waals surface area contributed by atoms with E-state index < -0.39 is 12.1 Å². The minimum absolute atomic E-state index is 0.824. The lowest BCUT2D eigenvalue weighted by Crippen LogP contribution is -2.21. The number of carboxylic acid groups (broad SMARTS) is 1. The number of imidazole rings is 1. The van der Waals surface area contributed by atoms with Crippen LogP contribution in [0.25, 0.3) is 22.4 Å². The maximum atomic E-state index is 10.6. The number of carbonyl (C=O) groups is 1. The van der Waals surface area contributed by atoms with Crippen molar-refractivity contribution in [3.8, 4) is 22.4 Å². The molecule has 0 radical (unpaired) electrons. The molecule has 0 spiro atoms. The van der Waals surface area contributed by atoms with Gasteiger partial charge in [-0.2, -0.15) is 13.2 Å². The van der Waals surface area contributed by atoms with Crippen molar-refractivity contribution in [2.45, 2.75) is 26.1 Å². The molecule has 0 saturated heterocycles. The van der Waals surface area contributed by atoms with E-state index in [9.17, 15) is 13.2 Å². The van der Waals surface area contributed by atoms with Crippen molar-refractivity contribution in [2.24, 2.45) is 0 Å². The van der Waals surface area contributed by atoms with Gasteiger partial charge in [0.25, 0.3) is 0 Å². The van der Waals surface area contributed by atoms with E-state index in [4.69, 9.17) is 14.9 Å². The highest BCUT2D eigenvalue weighted by Crippen LogP contribution is 2.27. The molecule has 4 rings (SSSR count). The first kappa shape index (κ1) is 25.2. The van der Waals surface area contributed by atoms with E-state index in [2.05, 4.69) is 100 Å². The second kappa shape index (κ2) is 11.2. The zero-order valence-electron chi connectivity index (χ0n) is 18.3. The first-order valence-corrected chi connectivity index (χ1v) is 11.2. The summed E-state index contributed by atoms with van der Waals surface area (Å²) in [5, 5.41) is 7.12. The molecule has 34 heavy (non-hydrogen) atoms. The van der Waals surface area contributed by atoms with Crippen LogP contribution < -0.4 is 0 Å². The molecule has 0 atom stereocenters. The van der Waals surface area contributed by atoms with Crippen LogP contribution in [0.5, 0.6) is 0 Å². The van der Waals surface area contributed by atoms with Crippen LogP contribution in [0, 0.1) is 0 Å². The number of carboxylic acids is 1. The summed E-state index contributed by atoms with van der Waals surface area (Å²) in [5.41, 5.74) is 7.26. The number of hydrogen-bond donors (Lipinski definition) is 1. The molecule has 0 unspecified atom stereocenters. The summed E-state index contributed by atoms with van der Waals surface area (Å²) >= 11 is 3.56. The minimum atomic E-state index is -5.08. The van der Waals surface area contributed by atoms with Crippen molar-refractivity contribution in [1.82, 2.24) is 9.55 Å². The van der Waals surface area contributed by atoms with Gasteiger partial charge in [-0.3, -0.25) is 0 Å². The third kappa shape index (κ3) is 6.57. The summed E-state index contributed by atoms with van der Waals surface area (Å²) in [6.07, 6.45) is -2.18. The van der Waals surface area contributed by atoms with E-state index in [1.54, 1.807) is 0 Å².